The summed E-state index contributed by atoms with van der Waals surface area (Å²) in [5, 5.41) is 12.2. The van der Waals surface area contributed by atoms with Crippen molar-refractivity contribution in [3.05, 3.63) is 58.6 Å². The minimum Gasteiger partial charge on any atom is -0.409 e. The summed E-state index contributed by atoms with van der Waals surface area (Å²) in [6.07, 6.45) is 0. The fourth-order valence-corrected chi connectivity index (χ4v) is 2.65. The van der Waals surface area contributed by atoms with Gasteiger partial charge in [0.1, 0.15) is 0 Å². The molecule has 0 aromatic heterocycles. The van der Waals surface area contributed by atoms with Crippen molar-refractivity contribution < 1.29 is 5.21 Å². The Kier molecular flexibility index (Phi) is 4.35. The third-order valence-corrected chi connectivity index (χ3v) is 4.09. The highest BCUT2D eigenvalue weighted by Crippen LogP contribution is 2.33. The van der Waals surface area contributed by atoms with E-state index in [4.69, 9.17) is 22.5 Å². The van der Waals surface area contributed by atoms with E-state index < -0.39 is 0 Å². The molecule has 0 aliphatic carbocycles. The normalized spacial score (nSPS) is 11.6. The van der Waals surface area contributed by atoms with Gasteiger partial charge in [-0.1, -0.05) is 46.2 Å². The molecule has 0 unspecified atom stereocenters. The van der Waals surface area contributed by atoms with Crippen molar-refractivity contribution in [1.29, 1.82) is 0 Å². The lowest BCUT2D eigenvalue weighted by molar-refractivity contribution is 0.318. The molecule has 2 aromatic rings. The molecule has 0 aliphatic rings. The molecule has 3 nitrogen and oxygen atoms in total. The van der Waals surface area contributed by atoms with Gasteiger partial charge in [-0.05, 0) is 37.3 Å². The maximum Gasteiger partial charge on any atom is 0.170 e. The summed E-state index contributed by atoms with van der Waals surface area (Å²) in [6.45, 7) is 2.05. The van der Waals surface area contributed by atoms with Crippen LogP contribution in [0.25, 0.3) is 0 Å². The number of halogens is 1. The van der Waals surface area contributed by atoms with Crippen molar-refractivity contribution in [2.24, 2.45) is 10.9 Å². The molecule has 2 aromatic carbocycles. The molecule has 19 heavy (non-hydrogen) atoms. The zero-order valence-corrected chi connectivity index (χ0v) is 11.9. The Balaban J connectivity index is 2.24. The van der Waals surface area contributed by atoms with Gasteiger partial charge in [0.25, 0.3) is 0 Å². The zero-order valence-electron chi connectivity index (χ0n) is 10.3. The van der Waals surface area contributed by atoms with Crippen molar-refractivity contribution in [2.45, 2.75) is 16.7 Å². The lowest BCUT2D eigenvalue weighted by atomic mass is 10.2. The SMILES string of the molecule is Cc1ccc(Sc2ccc(/C(N)=N/O)cc2Cl)cc1. The quantitative estimate of drug-likeness (QED) is 0.390. The predicted octanol–water partition coefficient (Wildman–Crippen LogP) is 3.89. The minimum absolute atomic E-state index is 0.0498. The Morgan fingerprint density at radius 2 is 1.89 bits per heavy atom. The third-order valence-electron chi connectivity index (χ3n) is 2.58. The maximum atomic E-state index is 8.62. The van der Waals surface area contributed by atoms with E-state index in [9.17, 15) is 0 Å². The molecule has 3 N–H and O–H groups in total. The van der Waals surface area contributed by atoms with Crippen LogP contribution in [0.1, 0.15) is 11.1 Å². The van der Waals surface area contributed by atoms with Crippen molar-refractivity contribution in [2.75, 3.05) is 0 Å². The molecule has 0 bridgehead atoms. The number of oxime groups is 1. The van der Waals surface area contributed by atoms with Gasteiger partial charge in [0, 0.05) is 15.4 Å². The fraction of sp³-hybridized carbons (Fsp3) is 0.0714. The second-order valence-corrected chi connectivity index (χ2v) is 5.57. The minimum atomic E-state index is 0.0498. The summed E-state index contributed by atoms with van der Waals surface area (Å²) >= 11 is 7.77. The second kappa shape index (κ2) is 5.99. The smallest absolute Gasteiger partial charge is 0.170 e. The highest BCUT2D eigenvalue weighted by Gasteiger charge is 2.06. The zero-order chi connectivity index (χ0) is 13.8. The molecular weight excluding hydrogens is 280 g/mol. The van der Waals surface area contributed by atoms with Gasteiger partial charge in [-0.15, -0.1) is 0 Å². The van der Waals surface area contributed by atoms with E-state index in [0.717, 1.165) is 9.79 Å². The Bertz CT molecular complexity index is 611. The van der Waals surface area contributed by atoms with E-state index in [1.54, 1.807) is 23.9 Å². The molecule has 0 saturated carbocycles. The Morgan fingerprint density at radius 3 is 2.47 bits per heavy atom. The lowest BCUT2D eigenvalue weighted by Gasteiger charge is -2.06. The summed E-state index contributed by atoms with van der Waals surface area (Å²) in [4.78, 5) is 2.05. The first-order valence-corrected chi connectivity index (χ1v) is 6.81. The summed E-state index contributed by atoms with van der Waals surface area (Å²) in [7, 11) is 0. The van der Waals surface area contributed by atoms with Gasteiger partial charge in [-0.3, -0.25) is 0 Å². The number of aryl methyl sites for hydroxylation is 1. The first-order chi connectivity index (χ1) is 9.10. The largest absolute Gasteiger partial charge is 0.409 e. The molecule has 5 heteroatoms. The van der Waals surface area contributed by atoms with Crippen LogP contribution in [0.2, 0.25) is 5.02 Å². The number of rotatable bonds is 3. The van der Waals surface area contributed by atoms with Crippen LogP contribution in [0.15, 0.2) is 57.4 Å². The van der Waals surface area contributed by atoms with Crippen LogP contribution in [0.4, 0.5) is 0 Å². The number of amidine groups is 1. The highest BCUT2D eigenvalue weighted by molar-refractivity contribution is 7.99. The van der Waals surface area contributed by atoms with Crippen molar-refractivity contribution in [3.63, 3.8) is 0 Å². The maximum absolute atomic E-state index is 8.62. The topological polar surface area (TPSA) is 58.6 Å². The summed E-state index contributed by atoms with van der Waals surface area (Å²) in [5.41, 5.74) is 7.34. The molecule has 98 valence electrons. The first kappa shape index (κ1) is 13.8. The summed E-state index contributed by atoms with van der Waals surface area (Å²) in [5.74, 6) is 0.0498. The molecular formula is C14H13ClN2OS. The van der Waals surface area contributed by atoms with Gasteiger partial charge >= 0.3 is 0 Å². The van der Waals surface area contributed by atoms with Gasteiger partial charge in [0.2, 0.25) is 0 Å². The number of nitrogens with zero attached hydrogens (tertiary/aromatic N) is 1. The van der Waals surface area contributed by atoms with Gasteiger partial charge in [-0.25, -0.2) is 0 Å². The van der Waals surface area contributed by atoms with Crippen LogP contribution in [0.3, 0.4) is 0 Å². The van der Waals surface area contributed by atoms with E-state index >= 15 is 0 Å². The van der Waals surface area contributed by atoms with Crippen LogP contribution < -0.4 is 5.73 Å². The molecule has 0 heterocycles. The lowest BCUT2D eigenvalue weighted by Crippen LogP contribution is -2.12. The molecule has 0 aliphatic heterocycles. The Labute approximate surface area is 121 Å². The number of hydrogen-bond acceptors (Lipinski definition) is 3. The molecule has 0 radical (unpaired) electrons. The van der Waals surface area contributed by atoms with Crippen LogP contribution in [0.5, 0.6) is 0 Å². The predicted molar refractivity (Wildman–Crippen MR) is 79.3 cm³/mol. The highest BCUT2D eigenvalue weighted by atomic mass is 35.5. The van der Waals surface area contributed by atoms with Gasteiger partial charge in [0.05, 0.1) is 5.02 Å². The molecule has 0 saturated heterocycles. The molecule has 0 amide bonds. The van der Waals surface area contributed by atoms with Crippen LogP contribution in [-0.4, -0.2) is 11.0 Å². The van der Waals surface area contributed by atoms with Gasteiger partial charge < -0.3 is 10.9 Å². The first-order valence-electron chi connectivity index (χ1n) is 5.62. The average molecular weight is 293 g/mol. The molecule has 0 spiro atoms. The van der Waals surface area contributed by atoms with Crippen molar-refractivity contribution in [3.8, 4) is 0 Å². The van der Waals surface area contributed by atoms with E-state index in [-0.39, 0.29) is 5.84 Å². The van der Waals surface area contributed by atoms with E-state index in [1.807, 2.05) is 25.1 Å². The van der Waals surface area contributed by atoms with Crippen LogP contribution in [0, 0.1) is 6.92 Å². The van der Waals surface area contributed by atoms with Crippen LogP contribution in [-0.2, 0) is 0 Å². The standard InChI is InChI=1S/C14H13ClN2OS/c1-9-2-5-11(6-3-9)19-13-7-4-10(8-12(13)15)14(16)17-18/h2-8,18H,1H3,(H2,16,17). The van der Waals surface area contributed by atoms with E-state index in [2.05, 4.69) is 17.3 Å². The Morgan fingerprint density at radius 1 is 1.21 bits per heavy atom. The average Bonchev–Trinajstić information content (AvgIpc) is 2.42. The summed E-state index contributed by atoms with van der Waals surface area (Å²) in [6, 6.07) is 13.5. The number of nitrogens with two attached hydrogens (primary N) is 1. The van der Waals surface area contributed by atoms with Crippen molar-refractivity contribution in [1.82, 2.24) is 0 Å². The van der Waals surface area contributed by atoms with E-state index in [0.29, 0.717) is 10.6 Å². The third kappa shape index (κ3) is 3.43. The number of hydrogen-bond donors (Lipinski definition) is 2. The second-order valence-electron chi connectivity index (χ2n) is 4.05. The summed E-state index contributed by atoms with van der Waals surface area (Å²) < 4.78 is 0. The fourth-order valence-electron chi connectivity index (χ4n) is 1.53. The van der Waals surface area contributed by atoms with Gasteiger partial charge in [-0.2, -0.15) is 0 Å². The molecule has 0 fully saturated rings. The molecule has 0 atom stereocenters. The Hall–Kier alpha value is -1.65. The van der Waals surface area contributed by atoms with E-state index in [1.165, 1.54) is 5.56 Å². The van der Waals surface area contributed by atoms with Crippen LogP contribution >= 0.6 is 23.4 Å². The van der Waals surface area contributed by atoms with Crippen molar-refractivity contribution >= 4 is 29.2 Å². The number of benzene rings is 2. The monoisotopic (exact) mass is 292 g/mol. The van der Waals surface area contributed by atoms with Gasteiger partial charge in [0.15, 0.2) is 5.84 Å². The molecule has 2 rings (SSSR count).